The van der Waals surface area contributed by atoms with Crippen LogP contribution in [0.4, 0.5) is 5.69 Å². The molecule has 148 valence electrons. The minimum absolute atomic E-state index is 0.0545. The Morgan fingerprint density at radius 1 is 1.21 bits per heavy atom. The van der Waals surface area contributed by atoms with Gasteiger partial charge in [0.05, 0.1) is 22.0 Å². The number of hydrogen-bond donors (Lipinski definition) is 1. The van der Waals surface area contributed by atoms with E-state index in [0.717, 1.165) is 45.3 Å². The standard InChI is InChI=1S/C22H21N3O2S2/c1-14-8-9-15(2)18(12-14)23-19(26)13-29-22-24-17-10-11-28-20(17)21(27)25(22)16-6-4-3-5-7-16/h3-9,12H,10-11,13H2,1-2H3,(H,23,26). The van der Waals surface area contributed by atoms with E-state index < -0.39 is 0 Å². The predicted molar refractivity (Wildman–Crippen MR) is 120 cm³/mol. The summed E-state index contributed by atoms with van der Waals surface area (Å²) in [6.45, 7) is 3.96. The number of hydrogen-bond acceptors (Lipinski definition) is 5. The molecule has 4 rings (SSSR count). The number of carbonyl (C=O) groups excluding carboxylic acids is 1. The molecule has 0 spiro atoms. The van der Waals surface area contributed by atoms with Gasteiger partial charge in [-0.15, -0.1) is 11.8 Å². The van der Waals surface area contributed by atoms with Crippen molar-refractivity contribution in [2.75, 3.05) is 16.8 Å². The molecule has 0 saturated carbocycles. The smallest absolute Gasteiger partial charge is 0.272 e. The van der Waals surface area contributed by atoms with E-state index in [1.54, 1.807) is 16.3 Å². The van der Waals surface area contributed by atoms with Gasteiger partial charge < -0.3 is 5.32 Å². The average Bonchev–Trinajstić information content (AvgIpc) is 3.19. The quantitative estimate of drug-likeness (QED) is 0.492. The topological polar surface area (TPSA) is 64.0 Å². The Balaban J connectivity index is 1.60. The van der Waals surface area contributed by atoms with Gasteiger partial charge in [0, 0.05) is 17.9 Å². The molecule has 1 aromatic heterocycles. The van der Waals surface area contributed by atoms with E-state index in [1.165, 1.54) is 11.8 Å². The summed E-state index contributed by atoms with van der Waals surface area (Å²) in [6, 6.07) is 15.4. The Hall–Kier alpha value is -2.51. The van der Waals surface area contributed by atoms with Gasteiger partial charge in [0.25, 0.3) is 5.56 Å². The second-order valence-electron chi connectivity index (χ2n) is 6.90. The van der Waals surface area contributed by atoms with E-state index in [9.17, 15) is 9.59 Å². The number of nitrogens with one attached hydrogen (secondary N) is 1. The van der Waals surface area contributed by atoms with Gasteiger partial charge in [-0.1, -0.05) is 42.1 Å². The average molecular weight is 424 g/mol. The second-order valence-corrected chi connectivity index (χ2v) is 8.95. The van der Waals surface area contributed by atoms with Crippen LogP contribution in [-0.2, 0) is 11.2 Å². The number of benzene rings is 2. The Morgan fingerprint density at radius 3 is 2.79 bits per heavy atom. The van der Waals surface area contributed by atoms with Gasteiger partial charge in [-0.25, -0.2) is 4.98 Å². The number of amides is 1. The van der Waals surface area contributed by atoms with Crippen molar-refractivity contribution in [3.63, 3.8) is 0 Å². The fourth-order valence-corrected chi connectivity index (χ4v) is 5.03. The summed E-state index contributed by atoms with van der Waals surface area (Å²) in [5, 5.41) is 3.52. The highest BCUT2D eigenvalue weighted by Gasteiger charge is 2.23. The molecule has 0 atom stereocenters. The lowest BCUT2D eigenvalue weighted by atomic mass is 10.1. The zero-order valence-electron chi connectivity index (χ0n) is 16.3. The molecular formula is C22H21N3O2S2. The highest BCUT2D eigenvalue weighted by atomic mass is 32.2. The first-order valence-electron chi connectivity index (χ1n) is 9.37. The molecule has 2 heterocycles. The molecule has 7 heteroatoms. The fourth-order valence-electron chi connectivity index (χ4n) is 3.18. The zero-order chi connectivity index (χ0) is 20.4. The predicted octanol–water partition coefficient (Wildman–Crippen LogP) is 4.23. The zero-order valence-corrected chi connectivity index (χ0v) is 17.9. The number of aromatic nitrogens is 2. The Morgan fingerprint density at radius 2 is 2.00 bits per heavy atom. The maximum absolute atomic E-state index is 13.1. The van der Waals surface area contributed by atoms with Crippen LogP contribution in [-0.4, -0.2) is 27.0 Å². The van der Waals surface area contributed by atoms with Crippen LogP contribution in [0, 0.1) is 13.8 Å². The molecule has 1 aliphatic rings. The maximum Gasteiger partial charge on any atom is 0.272 e. The van der Waals surface area contributed by atoms with Gasteiger partial charge in [-0.05, 0) is 43.2 Å². The normalized spacial score (nSPS) is 12.6. The van der Waals surface area contributed by atoms with Crippen LogP contribution in [0.15, 0.2) is 63.4 Å². The number of aryl methyl sites for hydroxylation is 3. The number of carbonyl (C=O) groups is 1. The van der Waals surface area contributed by atoms with Gasteiger partial charge in [-0.3, -0.25) is 14.2 Å². The van der Waals surface area contributed by atoms with E-state index in [2.05, 4.69) is 5.32 Å². The van der Waals surface area contributed by atoms with Gasteiger partial charge in [0.2, 0.25) is 5.91 Å². The summed E-state index contributed by atoms with van der Waals surface area (Å²) in [5.74, 6) is 0.930. The van der Waals surface area contributed by atoms with Crippen LogP contribution >= 0.6 is 23.5 Å². The van der Waals surface area contributed by atoms with Crippen molar-refractivity contribution in [2.45, 2.75) is 30.3 Å². The third-order valence-corrected chi connectivity index (χ3v) is 6.73. The van der Waals surface area contributed by atoms with Crippen LogP contribution in [0.5, 0.6) is 0 Å². The first-order valence-corrected chi connectivity index (χ1v) is 11.3. The Bertz CT molecular complexity index is 1130. The molecule has 3 aromatic rings. The first kappa shape index (κ1) is 19.8. The number of rotatable bonds is 5. The van der Waals surface area contributed by atoms with Crippen molar-refractivity contribution in [3.8, 4) is 5.69 Å². The maximum atomic E-state index is 13.1. The molecule has 0 aliphatic carbocycles. The van der Waals surface area contributed by atoms with E-state index in [4.69, 9.17) is 4.98 Å². The lowest BCUT2D eigenvalue weighted by molar-refractivity contribution is -0.113. The third-order valence-electron chi connectivity index (χ3n) is 4.68. The lowest BCUT2D eigenvalue weighted by Gasteiger charge is -2.14. The first-order chi connectivity index (χ1) is 14.0. The van der Waals surface area contributed by atoms with E-state index in [-0.39, 0.29) is 17.2 Å². The molecule has 0 unspecified atom stereocenters. The summed E-state index contributed by atoms with van der Waals surface area (Å²) in [4.78, 5) is 31.1. The fraction of sp³-hybridized carbons (Fsp3) is 0.227. The van der Waals surface area contributed by atoms with Gasteiger partial charge in [-0.2, -0.15) is 0 Å². The molecule has 0 saturated heterocycles. The van der Waals surface area contributed by atoms with E-state index >= 15 is 0 Å². The highest BCUT2D eigenvalue weighted by Crippen LogP contribution is 2.30. The monoisotopic (exact) mass is 423 g/mol. The summed E-state index contributed by atoms with van der Waals surface area (Å²) in [7, 11) is 0. The molecule has 1 N–H and O–H groups in total. The van der Waals surface area contributed by atoms with Crippen molar-refractivity contribution in [1.82, 2.24) is 9.55 Å². The minimum Gasteiger partial charge on any atom is -0.325 e. The molecule has 5 nitrogen and oxygen atoms in total. The number of thioether (sulfide) groups is 2. The number of anilines is 1. The van der Waals surface area contributed by atoms with Gasteiger partial charge >= 0.3 is 0 Å². The van der Waals surface area contributed by atoms with E-state index in [0.29, 0.717) is 5.16 Å². The molecule has 29 heavy (non-hydrogen) atoms. The van der Waals surface area contributed by atoms with Crippen LogP contribution < -0.4 is 10.9 Å². The van der Waals surface area contributed by atoms with Crippen LogP contribution in [0.3, 0.4) is 0 Å². The molecule has 0 bridgehead atoms. The number of para-hydroxylation sites is 1. The van der Waals surface area contributed by atoms with Gasteiger partial charge in [0.15, 0.2) is 5.16 Å². The highest BCUT2D eigenvalue weighted by molar-refractivity contribution is 8.00. The summed E-state index contributed by atoms with van der Waals surface area (Å²) in [6.07, 6.45) is 0.785. The van der Waals surface area contributed by atoms with Gasteiger partial charge in [0.1, 0.15) is 0 Å². The minimum atomic E-state index is -0.118. The summed E-state index contributed by atoms with van der Waals surface area (Å²) in [5.41, 5.74) is 4.47. The third kappa shape index (κ3) is 4.26. The summed E-state index contributed by atoms with van der Waals surface area (Å²) < 4.78 is 1.62. The second kappa shape index (κ2) is 8.47. The molecule has 1 aliphatic heterocycles. The van der Waals surface area contributed by atoms with E-state index in [1.807, 2.05) is 62.4 Å². The van der Waals surface area contributed by atoms with Crippen molar-refractivity contribution in [3.05, 3.63) is 75.7 Å². The van der Waals surface area contributed by atoms with Crippen molar-refractivity contribution in [2.24, 2.45) is 0 Å². The molecule has 0 fully saturated rings. The Labute approximate surface area is 177 Å². The lowest BCUT2D eigenvalue weighted by Crippen LogP contribution is -2.24. The largest absolute Gasteiger partial charge is 0.325 e. The van der Waals surface area contributed by atoms with Crippen LogP contribution in [0.1, 0.15) is 16.8 Å². The molecule has 1 amide bonds. The summed E-state index contributed by atoms with van der Waals surface area (Å²) >= 11 is 2.85. The van der Waals surface area contributed by atoms with Crippen molar-refractivity contribution < 1.29 is 4.79 Å². The molecular weight excluding hydrogens is 402 g/mol. The van der Waals surface area contributed by atoms with Crippen LogP contribution in [0.2, 0.25) is 0 Å². The number of fused-ring (bicyclic) bond motifs is 1. The Kier molecular flexibility index (Phi) is 5.78. The SMILES string of the molecule is Cc1ccc(C)c(NC(=O)CSc2nc3c(c(=O)n2-c2ccccc2)SCC3)c1. The van der Waals surface area contributed by atoms with Crippen molar-refractivity contribution in [1.29, 1.82) is 0 Å². The molecule has 0 radical (unpaired) electrons. The van der Waals surface area contributed by atoms with Crippen molar-refractivity contribution >= 4 is 35.1 Å². The van der Waals surface area contributed by atoms with Crippen LogP contribution in [0.25, 0.3) is 5.69 Å². The molecule has 2 aromatic carbocycles. The number of nitrogens with zero attached hydrogens (tertiary/aromatic N) is 2.